The van der Waals surface area contributed by atoms with Crippen LogP contribution in [0.4, 0.5) is 4.79 Å². The van der Waals surface area contributed by atoms with Crippen LogP contribution in [0.5, 0.6) is 11.5 Å². The van der Waals surface area contributed by atoms with Crippen LogP contribution in [-0.4, -0.2) is 51.0 Å². The number of amides is 1. The molecule has 3 aromatic rings. The van der Waals surface area contributed by atoms with Crippen molar-refractivity contribution in [2.45, 2.75) is 51.0 Å². The number of aliphatic hydroxyl groups excluding tert-OH is 1. The van der Waals surface area contributed by atoms with Gasteiger partial charge in [-0.2, -0.15) is 0 Å². The van der Waals surface area contributed by atoms with Gasteiger partial charge in [0.15, 0.2) is 11.4 Å². The molecule has 0 saturated carbocycles. The molecule has 1 saturated heterocycles. The fourth-order valence-electron chi connectivity index (χ4n) is 5.30. The molecule has 3 aromatic carbocycles. The number of hydrogen-bond acceptors (Lipinski definition) is 6. The van der Waals surface area contributed by atoms with E-state index in [2.05, 4.69) is 18.7 Å². The summed E-state index contributed by atoms with van der Waals surface area (Å²) in [5.41, 5.74) is 2.61. The fourth-order valence-corrected chi connectivity index (χ4v) is 5.82. The summed E-state index contributed by atoms with van der Waals surface area (Å²) in [7, 11) is -1.14. The molecule has 1 heterocycles. The zero-order valence-corrected chi connectivity index (χ0v) is 25.7. The summed E-state index contributed by atoms with van der Waals surface area (Å²) >= 11 is 0. The molecule has 1 aliphatic rings. The topological polar surface area (TPSA) is 93.1 Å². The van der Waals surface area contributed by atoms with Gasteiger partial charge in [0.1, 0.15) is 17.3 Å². The van der Waals surface area contributed by atoms with Crippen LogP contribution in [0.25, 0.3) is 0 Å². The summed E-state index contributed by atoms with van der Waals surface area (Å²) in [4.78, 5) is 29.1. The number of rotatable bonds is 10. The second-order valence-electron chi connectivity index (χ2n) is 11.5. The molecule has 1 N–H and O–H groups in total. The lowest BCUT2D eigenvalue weighted by Gasteiger charge is -2.27. The van der Waals surface area contributed by atoms with Crippen LogP contribution in [-0.2, 0) is 17.2 Å². The highest BCUT2D eigenvalue weighted by Crippen LogP contribution is 2.34. The number of hydrogen-bond donors (Lipinski definition) is 1. The van der Waals surface area contributed by atoms with Gasteiger partial charge in [-0.3, -0.25) is 9.00 Å². The number of likely N-dealkylation sites (tertiary alicyclic amines) is 1. The van der Waals surface area contributed by atoms with Crippen LogP contribution in [0.1, 0.15) is 47.3 Å². The van der Waals surface area contributed by atoms with Crippen molar-refractivity contribution in [2.75, 3.05) is 19.3 Å². The monoisotopic (exact) mass is 589 g/mol. The molecule has 1 fully saturated rings. The number of ether oxygens (including phenoxy) is 2. The van der Waals surface area contributed by atoms with Crippen molar-refractivity contribution in [3.8, 4) is 11.5 Å². The summed E-state index contributed by atoms with van der Waals surface area (Å²) in [5, 5.41) is 9.92. The Bertz CT molecular complexity index is 1460. The minimum atomic E-state index is -1.14. The molecule has 0 bridgehead atoms. The molecule has 0 radical (unpaired) electrons. The third kappa shape index (κ3) is 7.29. The Morgan fingerprint density at radius 2 is 1.64 bits per heavy atom. The first-order chi connectivity index (χ1) is 19.9. The smallest absolute Gasteiger partial charge is 0.415 e. The lowest BCUT2D eigenvalue weighted by atomic mass is 9.84. The molecule has 3 atom stereocenters. The molecule has 4 rings (SSSR count). The number of carbonyl (C=O) groups is 2. The van der Waals surface area contributed by atoms with Gasteiger partial charge in [-0.25, -0.2) is 4.79 Å². The highest BCUT2D eigenvalue weighted by atomic mass is 32.2. The zero-order chi connectivity index (χ0) is 30.6. The second kappa shape index (κ2) is 12.9. The second-order valence-corrected chi connectivity index (χ2v) is 12.8. The number of Topliss-reactive ketones (excluding diaryl/α,β-unsaturated/α-hetero) is 1. The van der Waals surface area contributed by atoms with Gasteiger partial charge >= 0.3 is 6.09 Å². The predicted molar refractivity (Wildman–Crippen MR) is 165 cm³/mol. The van der Waals surface area contributed by atoms with Gasteiger partial charge in [0, 0.05) is 46.5 Å². The Morgan fingerprint density at radius 1 is 1.02 bits per heavy atom. The average Bonchev–Trinajstić information content (AvgIpc) is 3.38. The Labute approximate surface area is 250 Å². The van der Waals surface area contributed by atoms with E-state index in [0.29, 0.717) is 41.3 Å². The molecular formula is C34H39NO6S. The van der Waals surface area contributed by atoms with Gasteiger partial charge in [-0.05, 0) is 87.4 Å². The highest BCUT2D eigenvalue weighted by Gasteiger charge is 2.40. The maximum atomic E-state index is 13.7. The van der Waals surface area contributed by atoms with E-state index >= 15 is 0 Å². The van der Waals surface area contributed by atoms with Crippen LogP contribution in [0.15, 0.2) is 84.0 Å². The molecule has 42 heavy (non-hydrogen) atoms. The molecular weight excluding hydrogens is 550 g/mol. The van der Waals surface area contributed by atoms with Crippen molar-refractivity contribution in [2.24, 2.45) is 11.8 Å². The van der Waals surface area contributed by atoms with Crippen molar-refractivity contribution in [1.82, 2.24) is 4.90 Å². The standard InChI is InChI=1S/C34H39NO6S/c1-22-18-25(19-23(2)32(22)41-34(4,5)24(3)36)12-13-27-20-35(33(38)40-28-10-8-7-9-11-28)21-30(27)31(37)26-14-16-29(17-15-26)42(6)39/h7-11,14-19,27,30,36H,3,12-13,20-21H2,1-2,4-6H3/t27-,30-,42?/m0/s1. The normalized spacial score (nSPS) is 17.5. The molecule has 222 valence electrons. The summed E-state index contributed by atoms with van der Waals surface area (Å²) in [6.45, 7) is 11.8. The Hall–Kier alpha value is -3.91. The summed E-state index contributed by atoms with van der Waals surface area (Å²) < 4.78 is 23.5. The first-order valence-electron chi connectivity index (χ1n) is 14.0. The number of carbonyl (C=O) groups excluding carboxylic acids is 2. The SMILES string of the molecule is C=C(O)C(C)(C)Oc1c(C)cc(CC[C@H]2CN(C(=O)Oc3ccccc3)C[C@@H]2C(=O)c2ccc(S(C)=O)cc2)cc1C. The molecule has 1 unspecified atom stereocenters. The van der Waals surface area contributed by atoms with E-state index in [-0.39, 0.29) is 24.0 Å². The average molecular weight is 590 g/mol. The Kier molecular flexibility index (Phi) is 9.57. The highest BCUT2D eigenvalue weighted by molar-refractivity contribution is 7.84. The number of benzene rings is 3. The lowest BCUT2D eigenvalue weighted by Crippen LogP contribution is -2.32. The van der Waals surface area contributed by atoms with Crippen LogP contribution >= 0.6 is 0 Å². The lowest BCUT2D eigenvalue weighted by molar-refractivity contribution is 0.0895. The summed E-state index contributed by atoms with van der Waals surface area (Å²) in [5.74, 6) is 0.611. The van der Waals surface area contributed by atoms with E-state index < -0.39 is 28.4 Å². The largest absolute Gasteiger partial charge is 0.509 e. The van der Waals surface area contributed by atoms with Crippen molar-refractivity contribution in [3.63, 3.8) is 0 Å². The van der Waals surface area contributed by atoms with E-state index in [0.717, 1.165) is 16.7 Å². The molecule has 0 aliphatic carbocycles. The maximum Gasteiger partial charge on any atom is 0.415 e. The van der Waals surface area contributed by atoms with Gasteiger partial charge in [0.25, 0.3) is 0 Å². The van der Waals surface area contributed by atoms with Gasteiger partial charge in [-0.1, -0.05) is 49.0 Å². The van der Waals surface area contributed by atoms with Crippen molar-refractivity contribution in [3.05, 3.63) is 101 Å². The predicted octanol–water partition coefficient (Wildman–Crippen LogP) is 6.83. The third-order valence-corrected chi connectivity index (χ3v) is 8.77. The van der Waals surface area contributed by atoms with Gasteiger partial charge in [-0.15, -0.1) is 0 Å². The summed E-state index contributed by atoms with van der Waals surface area (Å²) in [6.07, 6.45) is 2.54. The first kappa shape index (κ1) is 31.0. The van der Waals surface area contributed by atoms with E-state index in [1.54, 1.807) is 73.5 Å². The van der Waals surface area contributed by atoms with Gasteiger partial charge < -0.3 is 19.5 Å². The molecule has 7 nitrogen and oxygen atoms in total. The van der Waals surface area contributed by atoms with Gasteiger partial charge in [0.2, 0.25) is 0 Å². The quantitative estimate of drug-likeness (QED) is 0.206. The Balaban J connectivity index is 1.53. The molecule has 0 spiro atoms. The maximum absolute atomic E-state index is 13.7. The Morgan fingerprint density at radius 3 is 2.21 bits per heavy atom. The van der Waals surface area contributed by atoms with Crippen LogP contribution < -0.4 is 9.47 Å². The fraction of sp³-hybridized carbons (Fsp3) is 0.353. The van der Waals surface area contributed by atoms with Crippen LogP contribution in [0, 0.1) is 25.7 Å². The molecule has 1 amide bonds. The number of ketones is 1. The van der Waals surface area contributed by atoms with E-state index in [4.69, 9.17) is 9.47 Å². The van der Waals surface area contributed by atoms with Crippen LogP contribution in [0.2, 0.25) is 0 Å². The number of aryl methyl sites for hydroxylation is 3. The zero-order valence-electron chi connectivity index (χ0n) is 24.9. The van der Waals surface area contributed by atoms with E-state index in [9.17, 15) is 18.9 Å². The number of aliphatic hydroxyl groups is 1. The molecule has 1 aliphatic heterocycles. The van der Waals surface area contributed by atoms with Crippen molar-refractivity contribution in [1.29, 1.82) is 0 Å². The molecule has 8 heteroatoms. The number of nitrogens with zero attached hydrogens (tertiary/aromatic N) is 1. The number of para-hydroxylation sites is 1. The summed E-state index contributed by atoms with van der Waals surface area (Å²) in [6, 6.07) is 19.9. The van der Waals surface area contributed by atoms with E-state index in [1.165, 1.54) is 0 Å². The minimum Gasteiger partial charge on any atom is -0.509 e. The van der Waals surface area contributed by atoms with Crippen molar-refractivity contribution < 1.29 is 28.4 Å². The van der Waals surface area contributed by atoms with Crippen molar-refractivity contribution >= 4 is 22.7 Å². The first-order valence-corrected chi connectivity index (χ1v) is 15.6. The van der Waals surface area contributed by atoms with E-state index in [1.807, 2.05) is 19.9 Å². The van der Waals surface area contributed by atoms with Gasteiger partial charge in [0.05, 0.1) is 0 Å². The third-order valence-electron chi connectivity index (χ3n) is 7.83. The van der Waals surface area contributed by atoms with Crippen LogP contribution in [0.3, 0.4) is 0 Å². The molecule has 0 aromatic heterocycles. The minimum absolute atomic E-state index is 0.0361.